The maximum atomic E-state index is 13.9. The predicted octanol–water partition coefficient (Wildman–Crippen LogP) is 2.79. The average molecular weight is 260 g/mol. The Bertz CT molecular complexity index is 445. The number of nitrogens with one attached hydrogen (secondary N) is 1. The molecule has 1 aromatic carbocycles. The van der Waals surface area contributed by atoms with Crippen LogP contribution in [0.3, 0.4) is 0 Å². The van der Waals surface area contributed by atoms with Gasteiger partial charge in [0.2, 0.25) is 5.82 Å². The molecule has 1 heterocycles. The number of methoxy groups -OCH3 is 1. The summed E-state index contributed by atoms with van der Waals surface area (Å²) in [6.07, 6.45) is 1.89. The number of aromatic hydroxyl groups is 1. The number of rotatable bonds is 2. The van der Waals surface area contributed by atoms with Crippen LogP contribution in [0.15, 0.2) is 6.07 Å². The van der Waals surface area contributed by atoms with Crippen LogP contribution >= 0.6 is 11.6 Å². The molecule has 2 N–H and O–H groups in total. The molecule has 1 aromatic rings. The fraction of sp³-hybridized carbons (Fsp3) is 0.500. The summed E-state index contributed by atoms with van der Waals surface area (Å²) in [4.78, 5) is 0. The summed E-state index contributed by atoms with van der Waals surface area (Å²) in [5, 5.41) is 12.8. The van der Waals surface area contributed by atoms with Crippen LogP contribution in [0, 0.1) is 5.82 Å². The molecule has 1 saturated heterocycles. The largest absolute Gasteiger partial charge is 0.504 e. The average Bonchev–Trinajstić information content (AvgIpc) is 2.74. The quantitative estimate of drug-likeness (QED) is 0.858. The zero-order valence-corrected chi connectivity index (χ0v) is 10.6. The molecule has 94 valence electrons. The van der Waals surface area contributed by atoms with E-state index in [2.05, 4.69) is 5.32 Å². The zero-order valence-electron chi connectivity index (χ0n) is 9.81. The van der Waals surface area contributed by atoms with Crippen molar-refractivity contribution in [3.05, 3.63) is 22.5 Å². The lowest BCUT2D eigenvalue weighted by molar-refractivity contribution is 0.337. The van der Waals surface area contributed by atoms with E-state index in [4.69, 9.17) is 16.3 Å². The van der Waals surface area contributed by atoms with Crippen LogP contribution < -0.4 is 10.1 Å². The van der Waals surface area contributed by atoms with Gasteiger partial charge in [0, 0.05) is 11.1 Å². The maximum Gasteiger partial charge on any atom is 0.208 e. The minimum absolute atomic E-state index is 0.00762. The Hall–Kier alpha value is -1.00. The molecule has 0 aromatic heterocycles. The standard InChI is InChI=1S/C12H15ClFNO2/c1-12(4-3-5-15-12)7-6-8(13)10(16)9(14)11(7)17-2/h6,15-16H,3-5H2,1-2H3. The normalized spacial score (nSPS) is 24.0. The van der Waals surface area contributed by atoms with E-state index in [9.17, 15) is 9.50 Å². The van der Waals surface area contributed by atoms with Gasteiger partial charge in [-0.05, 0) is 32.4 Å². The second-order valence-corrected chi connectivity index (χ2v) is 4.87. The van der Waals surface area contributed by atoms with Gasteiger partial charge in [-0.2, -0.15) is 4.39 Å². The van der Waals surface area contributed by atoms with Crippen LogP contribution in [0.25, 0.3) is 0 Å². The number of phenolic OH excluding ortho intramolecular Hbond substituents is 1. The molecule has 5 heteroatoms. The van der Waals surface area contributed by atoms with E-state index >= 15 is 0 Å². The van der Waals surface area contributed by atoms with Gasteiger partial charge in [0.15, 0.2) is 11.5 Å². The Balaban J connectivity index is 2.60. The van der Waals surface area contributed by atoms with E-state index < -0.39 is 11.6 Å². The molecule has 1 aliphatic heterocycles. The highest BCUT2D eigenvalue weighted by Crippen LogP contribution is 2.43. The van der Waals surface area contributed by atoms with Crippen molar-refractivity contribution in [2.75, 3.05) is 13.7 Å². The number of halogens is 2. The van der Waals surface area contributed by atoms with Crippen molar-refractivity contribution in [1.29, 1.82) is 0 Å². The third kappa shape index (κ3) is 1.96. The second-order valence-electron chi connectivity index (χ2n) is 4.46. The molecule has 0 saturated carbocycles. The summed E-state index contributed by atoms with van der Waals surface area (Å²) in [5.41, 5.74) is 0.293. The third-order valence-electron chi connectivity index (χ3n) is 3.32. The van der Waals surface area contributed by atoms with Crippen molar-refractivity contribution < 1.29 is 14.2 Å². The molecule has 0 radical (unpaired) electrons. The minimum Gasteiger partial charge on any atom is -0.504 e. The van der Waals surface area contributed by atoms with Gasteiger partial charge >= 0.3 is 0 Å². The van der Waals surface area contributed by atoms with Gasteiger partial charge < -0.3 is 15.2 Å². The van der Waals surface area contributed by atoms with Crippen molar-refractivity contribution in [3.63, 3.8) is 0 Å². The van der Waals surface area contributed by atoms with Crippen LogP contribution in [0.4, 0.5) is 4.39 Å². The SMILES string of the molecule is COc1c(C2(C)CCCN2)cc(Cl)c(O)c1F. The fourth-order valence-electron chi connectivity index (χ4n) is 2.33. The fourth-order valence-corrected chi connectivity index (χ4v) is 2.52. The van der Waals surface area contributed by atoms with Crippen molar-refractivity contribution in [3.8, 4) is 11.5 Å². The first kappa shape index (κ1) is 12.5. The van der Waals surface area contributed by atoms with E-state index in [0.717, 1.165) is 19.4 Å². The van der Waals surface area contributed by atoms with Crippen LogP contribution in [0.1, 0.15) is 25.3 Å². The van der Waals surface area contributed by atoms with E-state index in [1.807, 2.05) is 6.92 Å². The summed E-state index contributed by atoms with van der Waals surface area (Å²) in [6, 6.07) is 1.57. The highest BCUT2D eigenvalue weighted by molar-refractivity contribution is 6.32. The lowest BCUT2D eigenvalue weighted by atomic mass is 9.89. The predicted molar refractivity (Wildman–Crippen MR) is 64.2 cm³/mol. The van der Waals surface area contributed by atoms with Crippen LogP contribution in [-0.4, -0.2) is 18.8 Å². The van der Waals surface area contributed by atoms with Crippen LogP contribution in [-0.2, 0) is 5.54 Å². The molecule has 1 aliphatic rings. The second kappa shape index (κ2) is 4.35. The smallest absolute Gasteiger partial charge is 0.208 e. The van der Waals surface area contributed by atoms with Crippen LogP contribution in [0.5, 0.6) is 11.5 Å². The number of hydrogen-bond acceptors (Lipinski definition) is 3. The van der Waals surface area contributed by atoms with Crippen molar-refractivity contribution in [1.82, 2.24) is 5.32 Å². The molecule has 0 spiro atoms. The highest BCUT2D eigenvalue weighted by atomic mass is 35.5. The van der Waals surface area contributed by atoms with E-state index in [-0.39, 0.29) is 16.3 Å². The first-order chi connectivity index (χ1) is 7.99. The van der Waals surface area contributed by atoms with Gasteiger partial charge in [0.05, 0.1) is 12.1 Å². The minimum atomic E-state index is -0.801. The molecule has 3 nitrogen and oxygen atoms in total. The Morgan fingerprint density at radius 1 is 1.59 bits per heavy atom. The van der Waals surface area contributed by atoms with Crippen molar-refractivity contribution >= 4 is 11.6 Å². The molecule has 0 bridgehead atoms. The van der Waals surface area contributed by atoms with Gasteiger partial charge in [-0.15, -0.1) is 0 Å². The molecular formula is C12H15ClFNO2. The van der Waals surface area contributed by atoms with Gasteiger partial charge in [-0.25, -0.2) is 0 Å². The number of benzene rings is 1. The Morgan fingerprint density at radius 2 is 2.29 bits per heavy atom. The number of phenols is 1. The first-order valence-corrected chi connectivity index (χ1v) is 5.88. The van der Waals surface area contributed by atoms with Crippen molar-refractivity contribution in [2.45, 2.75) is 25.3 Å². The molecular weight excluding hydrogens is 245 g/mol. The number of ether oxygens (including phenoxy) is 1. The monoisotopic (exact) mass is 259 g/mol. The summed E-state index contributed by atoms with van der Waals surface area (Å²) < 4.78 is 18.9. The highest BCUT2D eigenvalue weighted by Gasteiger charge is 2.35. The number of hydrogen-bond donors (Lipinski definition) is 2. The van der Waals surface area contributed by atoms with Gasteiger partial charge in [0.1, 0.15) is 0 Å². The van der Waals surface area contributed by atoms with E-state index in [1.165, 1.54) is 7.11 Å². The van der Waals surface area contributed by atoms with Gasteiger partial charge in [0.25, 0.3) is 0 Å². The molecule has 0 aliphatic carbocycles. The topological polar surface area (TPSA) is 41.5 Å². The lowest BCUT2D eigenvalue weighted by Crippen LogP contribution is -2.33. The summed E-state index contributed by atoms with van der Waals surface area (Å²) in [5.74, 6) is -1.30. The zero-order chi connectivity index (χ0) is 12.6. The van der Waals surface area contributed by atoms with Gasteiger partial charge in [-0.3, -0.25) is 0 Å². The molecule has 2 rings (SSSR count). The molecule has 0 amide bonds. The van der Waals surface area contributed by atoms with E-state index in [0.29, 0.717) is 5.56 Å². The third-order valence-corrected chi connectivity index (χ3v) is 3.60. The van der Waals surface area contributed by atoms with Crippen molar-refractivity contribution in [2.24, 2.45) is 0 Å². The Kier molecular flexibility index (Phi) is 3.19. The Labute approximate surface area is 105 Å². The summed E-state index contributed by atoms with van der Waals surface area (Å²) in [7, 11) is 1.38. The molecule has 17 heavy (non-hydrogen) atoms. The maximum absolute atomic E-state index is 13.9. The molecule has 1 fully saturated rings. The van der Waals surface area contributed by atoms with Crippen LogP contribution in [0.2, 0.25) is 5.02 Å². The summed E-state index contributed by atoms with van der Waals surface area (Å²) >= 11 is 5.82. The van der Waals surface area contributed by atoms with Gasteiger partial charge in [-0.1, -0.05) is 11.6 Å². The molecule has 1 unspecified atom stereocenters. The Morgan fingerprint density at radius 3 is 2.82 bits per heavy atom. The molecule has 1 atom stereocenters. The van der Waals surface area contributed by atoms with E-state index in [1.54, 1.807) is 6.07 Å². The summed E-state index contributed by atoms with van der Waals surface area (Å²) in [6.45, 7) is 2.85. The lowest BCUT2D eigenvalue weighted by Gasteiger charge is -2.27. The first-order valence-electron chi connectivity index (χ1n) is 5.50.